The van der Waals surface area contributed by atoms with Crippen molar-refractivity contribution in [2.75, 3.05) is 0 Å². The van der Waals surface area contributed by atoms with Gasteiger partial charge in [0.2, 0.25) is 0 Å². The van der Waals surface area contributed by atoms with Gasteiger partial charge in [0.15, 0.2) is 0 Å². The molecule has 0 aliphatic heterocycles. The van der Waals surface area contributed by atoms with Gasteiger partial charge in [-0.1, -0.05) is 39.5 Å². The van der Waals surface area contributed by atoms with E-state index in [1.54, 1.807) is 0 Å². The van der Waals surface area contributed by atoms with Crippen molar-refractivity contribution in [2.45, 2.75) is 89.6 Å². The fourth-order valence-electron chi connectivity index (χ4n) is 6.31. The molecule has 4 aliphatic rings. The van der Waals surface area contributed by atoms with Gasteiger partial charge in [0, 0.05) is 11.6 Å². The highest BCUT2D eigenvalue weighted by Gasteiger charge is 2.64. The third-order valence-electron chi connectivity index (χ3n) is 6.56. The van der Waals surface area contributed by atoms with Crippen LogP contribution in [0.15, 0.2) is 0 Å². The molecular weight excluding hydrogens is 232 g/mol. The van der Waals surface area contributed by atoms with Crippen LogP contribution in [0.5, 0.6) is 0 Å². The molecule has 0 saturated heterocycles. The molecule has 0 radical (unpaired) electrons. The lowest BCUT2D eigenvalue weighted by atomic mass is 9.40. The van der Waals surface area contributed by atoms with Crippen molar-refractivity contribution in [3.63, 3.8) is 0 Å². The van der Waals surface area contributed by atoms with E-state index in [2.05, 4.69) is 13.8 Å². The van der Waals surface area contributed by atoms with E-state index in [0.717, 1.165) is 5.92 Å². The van der Waals surface area contributed by atoms with E-state index in [9.17, 15) is 0 Å². The molecule has 4 rings (SSSR count). The van der Waals surface area contributed by atoms with Gasteiger partial charge < -0.3 is 11.5 Å². The van der Waals surface area contributed by atoms with Gasteiger partial charge in [0.05, 0.1) is 0 Å². The summed E-state index contributed by atoms with van der Waals surface area (Å²) in [6, 6.07) is 0.236. The van der Waals surface area contributed by atoms with Crippen molar-refractivity contribution in [3.05, 3.63) is 0 Å². The Labute approximate surface area is 118 Å². The Morgan fingerprint density at radius 2 is 1.84 bits per heavy atom. The average molecular weight is 264 g/mol. The number of rotatable bonds is 5. The van der Waals surface area contributed by atoms with Crippen molar-refractivity contribution in [1.82, 2.24) is 0 Å². The molecule has 4 N–H and O–H groups in total. The van der Waals surface area contributed by atoms with Gasteiger partial charge in [0.1, 0.15) is 0 Å². The summed E-state index contributed by atoms with van der Waals surface area (Å²) in [5.41, 5.74) is 14.1. The smallest absolute Gasteiger partial charge is 0.0321 e. The number of hydrogen-bond donors (Lipinski definition) is 2. The molecule has 4 aliphatic carbocycles. The summed E-state index contributed by atoms with van der Waals surface area (Å²) in [6.07, 6.45) is 13.5. The molecule has 4 fully saturated rings. The zero-order valence-electron chi connectivity index (χ0n) is 12.9. The van der Waals surface area contributed by atoms with Gasteiger partial charge in [-0.25, -0.2) is 0 Å². The lowest BCUT2D eigenvalue weighted by molar-refractivity contribution is -0.132. The SMILES string of the molecule is CCCCCCC12CC3CC(C)(C1)C(N)C(N)(C3)C2. The minimum Gasteiger partial charge on any atom is -0.326 e. The highest BCUT2D eigenvalue weighted by molar-refractivity contribution is 5.20. The molecule has 110 valence electrons. The fraction of sp³-hybridized carbons (Fsp3) is 1.00. The maximum Gasteiger partial charge on any atom is 0.0321 e. The quantitative estimate of drug-likeness (QED) is 0.746. The molecule has 0 spiro atoms. The highest BCUT2D eigenvalue weighted by Crippen LogP contribution is 2.66. The van der Waals surface area contributed by atoms with Gasteiger partial charge in [-0.2, -0.15) is 0 Å². The second kappa shape index (κ2) is 4.46. The lowest BCUT2D eigenvalue weighted by Crippen LogP contribution is -2.74. The van der Waals surface area contributed by atoms with Crippen molar-refractivity contribution < 1.29 is 0 Å². The van der Waals surface area contributed by atoms with E-state index in [-0.39, 0.29) is 11.6 Å². The maximum absolute atomic E-state index is 6.74. The normalized spacial score (nSPS) is 51.8. The van der Waals surface area contributed by atoms with E-state index < -0.39 is 0 Å². The number of unbranched alkanes of at least 4 members (excludes halogenated alkanes) is 3. The van der Waals surface area contributed by atoms with Crippen molar-refractivity contribution in [1.29, 1.82) is 0 Å². The van der Waals surface area contributed by atoms with Gasteiger partial charge >= 0.3 is 0 Å². The van der Waals surface area contributed by atoms with Gasteiger partial charge in [-0.05, 0) is 55.3 Å². The first kappa shape index (κ1) is 13.9. The second-order valence-electron chi connectivity index (χ2n) is 8.51. The van der Waals surface area contributed by atoms with Crippen molar-refractivity contribution in [3.8, 4) is 0 Å². The predicted octanol–water partition coefficient (Wildman–Crippen LogP) is 3.58. The van der Waals surface area contributed by atoms with Crippen LogP contribution >= 0.6 is 0 Å². The van der Waals surface area contributed by atoms with Crippen LogP contribution in [0, 0.1) is 16.7 Å². The Morgan fingerprint density at radius 1 is 1.05 bits per heavy atom. The van der Waals surface area contributed by atoms with Gasteiger partial charge in [0.25, 0.3) is 0 Å². The van der Waals surface area contributed by atoms with Crippen LogP contribution in [0.4, 0.5) is 0 Å². The predicted molar refractivity (Wildman–Crippen MR) is 80.8 cm³/mol. The molecule has 0 aromatic heterocycles. The molecule has 5 atom stereocenters. The zero-order chi connectivity index (χ0) is 13.7. The Balaban J connectivity index is 1.74. The van der Waals surface area contributed by atoms with Gasteiger partial charge in [-0.15, -0.1) is 0 Å². The van der Waals surface area contributed by atoms with Crippen LogP contribution in [0.25, 0.3) is 0 Å². The molecule has 5 unspecified atom stereocenters. The number of hydrogen-bond acceptors (Lipinski definition) is 2. The van der Waals surface area contributed by atoms with Gasteiger partial charge in [-0.3, -0.25) is 0 Å². The topological polar surface area (TPSA) is 52.0 Å². The van der Waals surface area contributed by atoms with Crippen molar-refractivity contribution >= 4 is 0 Å². The minimum atomic E-state index is -0.0427. The lowest BCUT2D eigenvalue weighted by Gasteiger charge is -2.68. The van der Waals surface area contributed by atoms with Crippen LogP contribution in [0.1, 0.15) is 78.1 Å². The Morgan fingerprint density at radius 3 is 2.53 bits per heavy atom. The molecule has 0 heterocycles. The van der Waals surface area contributed by atoms with E-state index >= 15 is 0 Å². The molecular formula is C17H32N2. The standard InChI is InChI=1S/C17H32N2/c1-3-4-5-6-7-16-9-13-8-15(2,11-16)14(18)17(19,10-13)12-16/h13-14H,3-12,18-19H2,1-2H3. The van der Waals surface area contributed by atoms with Crippen molar-refractivity contribution in [2.24, 2.45) is 28.2 Å². The monoisotopic (exact) mass is 264 g/mol. The summed E-state index contributed by atoms with van der Waals surface area (Å²) in [6.45, 7) is 4.71. The Hall–Kier alpha value is -0.0800. The summed E-state index contributed by atoms with van der Waals surface area (Å²) in [4.78, 5) is 0. The summed E-state index contributed by atoms with van der Waals surface area (Å²) in [5.74, 6) is 0.864. The summed E-state index contributed by atoms with van der Waals surface area (Å²) in [5, 5.41) is 0. The van der Waals surface area contributed by atoms with E-state index in [1.165, 1.54) is 64.2 Å². The largest absolute Gasteiger partial charge is 0.326 e. The maximum atomic E-state index is 6.74. The highest BCUT2D eigenvalue weighted by atomic mass is 14.9. The second-order valence-corrected chi connectivity index (χ2v) is 8.51. The third-order valence-corrected chi connectivity index (χ3v) is 6.56. The molecule has 0 aromatic rings. The minimum absolute atomic E-state index is 0.0427. The van der Waals surface area contributed by atoms with Crippen LogP contribution in [0.2, 0.25) is 0 Å². The molecule has 4 bridgehead atoms. The summed E-state index contributed by atoms with van der Waals surface area (Å²) in [7, 11) is 0. The van der Waals surface area contributed by atoms with Crippen LogP contribution in [-0.2, 0) is 0 Å². The first-order valence-electron chi connectivity index (χ1n) is 8.46. The van der Waals surface area contributed by atoms with Crippen LogP contribution in [-0.4, -0.2) is 11.6 Å². The van der Waals surface area contributed by atoms with E-state index in [0.29, 0.717) is 10.8 Å². The first-order valence-corrected chi connectivity index (χ1v) is 8.46. The zero-order valence-corrected chi connectivity index (χ0v) is 12.9. The summed E-state index contributed by atoms with van der Waals surface area (Å²) >= 11 is 0. The molecule has 0 aromatic carbocycles. The molecule has 2 heteroatoms. The first-order chi connectivity index (χ1) is 8.91. The van der Waals surface area contributed by atoms with Crippen LogP contribution in [0.3, 0.4) is 0 Å². The van der Waals surface area contributed by atoms with Crippen LogP contribution < -0.4 is 11.5 Å². The third kappa shape index (κ3) is 2.15. The molecule has 0 amide bonds. The molecule has 2 nitrogen and oxygen atoms in total. The Kier molecular flexibility index (Phi) is 3.26. The summed E-state index contributed by atoms with van der Waals surface area (Å²) < 4.78 is 0. The van der Waals surface area contributed by atoms with E-state index in [1.807, 2.05) is 0 Å². The number of nitrogens with two attached hydrogens (primary N) is 2. The van der Waals surface area contributed by atoms with E-state index in [4.69, 9.17) is 11.5 Å². The molecule has 19 heavy (non-hydrogen) atoms. The fourth-order valence-corrected chi connectivity index (χ4v) is 6.31. The average Bonchev–Trinajstić information content (AvgIpc) is 2.30. The molecule has 4 saturated carbocycles. The Bertz CT molecular complexity index is 331.